The molecule has 1 saturated carbocycles. The first-order valence-electron chi connectivity index (χ1n) is 24.6. The van der Waals surface area contributed by atoms with E-state index >= 15 is 0 Å². The molecule has 2 heterocycles. The standard InChI is InChI=1S/C53H70N8O10/c1-8-15-35(48(66)42(62)24-25-45(65)58-47(51(69)60(5)6)34-20-22-37(71-7)23-21-34)28-43(63)38-31-61(52(70)56-36-18-13-10-14-19-36)32-41(38)57-49(67)39(53(2,3)4)29-44(64)46(33-16-11-9-12-17-33)59-50(68)40-30-54-26-27-55-40/h10,13-14,18-23,26-27,30,33,35,38-39,41,46-47H,8-9,11-12,15-17,24-25,28-29,31-32H2,1-7H3,(H,56,70)(H,57,67)(H,58,65)(H,59,68)/t35-,38-,39-,41+,46+,47+/m1/s1. The molecule has 6 amide bonds. The van der Waals surface area contributed by atoms with Crippen molar-refractivity contribution in [1.82, 2.24) is 35.7 Å². The molecule has 382 valence electrons. The molecule has 0 radical (unpaired) electrons. The van der Waals surface area contributed by atoms with Gasteiger partial charge in [-0.3, -0.25) is 43.3 Å². The van der Waals surface area contributed by atoms with Crippen LogP contribution in [0.2, 0.25) is 0 Å². The highest BCUT2D eigenvalue weighted by Crippen LogP contribution is 2.34. The molecule has 0 unspecified atom stereocenters. The Bertz CT molecular complexity index is 2350. The van der Waals surface area contributed by atoms with Crippen molar-refractivity contribution in [1.29, 1.82) is 0 Å². The molecule has 5 rings (SSSR count). The highest BCUT2D eigenvalue weighted by Gasteiger charge is 2.45. The minimum Gasteiger partial charge on any atom is -0.497 e. The fourth-order valence-corrected chi connectivity index (χ4v) is 9.35. The monoisotopic (exact) mass is 979 g/mol. The molecule has 2 aromatic carbocycles. The molecule has 1 aliphatic heterocycles. The summed E-state index contributed by atoms with van der Waals surface area (Å²) in [6.45, 7) is 7.13. The van der Waals surface area contributed by atoms with Gasteiger partial charge >= 0.3 is 6.03 Å². The second kappa shape index (κ2) is 25.8. The van der Waals surface area contributed by atoms with Gasteiger partial charge in [-0.2, -0.15) is 0 Å². The quantitative estimate of drug-likeness (QED) is 0.0840. The third-order valence-electron chi connectivity index (χ3n) is 13.4. The van der Waals surface area contributed by atoms with Gasteiger partial charge in [0.25, 0.3) is 5.91 Å². The minimum atomic E-state index is -1.06. The van der Waals surface area contributed by atoms with Crippen LogP contribution in [-0.2, 0) is 33.6 Å². The Labute approximate surface area is 416 Å². The number of Topliss-reactive ketones (excluding diaryl/α,β-unsaturated/α-hetero) is 4. The Morgan fingerprint density at radius 1 is 0.845 bits per heavy atom. The normalized spacial score (nSPS) is 17.6. The van der Waals surface area contributed by atoms with Gasteiger partial charge in [-0.25, -0.2) is 9.78 Å². The first-order chi connectivity index (χ1) is 33.8. The summed E-state index contributed by atoms with van der Waals surface area (Å²) in [7, 11) is 4.60. The number of hydrogen-bond donors (Lipinski definition) is 4. The van der Waals surface area contributed by atoms with E-state index in [0.717, 1.165) is 32.1 Å². The number of carbonyl (C=O) groups is 9. The number of para-hydroxylation sites is 1. The van der Waals surface area contributed by atoms with Crippen molar-refractivity contribution < 1.29 is 47.9 Å². The van der Waals surface area contributed by atoms with Crippen LogP contribution in [0.1, 0.15) is 120 Å². The molecule has 0 spiro atoms. The van der Waals surface area contributed by atoms with Crippen LogP contribution in [0.25, 0.3) is 0 Å². The number of ether oxygens (including phenoxy) is 1. The van der Waals surface area contributed by atoms with E-state index in [1.807, 2.05) is 27.7 Å². The lowest BCUT2D eigenvalue weighted by Gasteiger charge is -2.34. The van der Waals surface area contributed by atoms with Gasteiger partial charge in [0.05, 0.1) is 31.3 Å². The van der Waals surface area contributed by atoms with Gasteiger partial charge in [-0.1, -0.05) is 83.7 Å². The van der Waals surface area contributed by atoms with Crippen molar-refractivity contribution >= 4 is 58.5 Å². The zero-order chi connectivity index (χ0) is 51.8. The zero-order valence-corrected chi connectivity index (χ0v) is 42.0. The summed E-state index contributed by atoms with van der Waals surface area (Å²) in [6.07, 6.45) is 7.63. The molecule has 2 aliphatic rings. The Hall–Kier alpha value is -6.85. The number of likely N-dealkylation sites (tertiary alicyclic amines) is 1. The second-order valence-corrected chi connectivity index (χ2v) is 19.9. The number of rotatable bonds is 23. The number of likely N-dealkylation sites (N-methyl/N-ethyl adjacent to an activating group) is 1. The van der Waals surface area contributed by atoms with E-state index in [9.17, 15) is 43.2 Å². The lowest BCUT2D eigenvalue weighted by atomic mass is 9.74. The number of hydrogen-bond acceptors (Lipinski definition) is 12. The van der Waals surface area contributed by atoms with Crippen LogP contribution in [0.15, 0.2) is 73.2 Å². The van der Waals surface area contributed by atoms with Crippen molar-refractivity contribution in [2.75, 3.05) is 39.6 Å². The predicted molar refractivity (Wildman–Crippen MR) is 265 cm³/mol. The number of nitrogens with one attached hydrogen (secondary N) is 4. The molecule has 18 nitrogen and oxygen atoms in total. The van der Waals surface area contributed by atoms with E-state index in [2.05, 4.69) is 31.2 Å². The molecule has 4 N–H and O–H groups in total. The Morgan fingerprint density at radius 2 is 1.54 bits per heavy atom. The first kappa shape index (κ1) is 55.1. The van der Waals surface area contributed by atoms with Crippen LogP contribution >= 0.6 is 0 Å². The number of aromatic nitrogens is 2. The molecule has 1 saturated heterocycles. The van der Waals surface area contributed by atoms with Crippen LogP contribution in [0.5, 0.6) is 5.75 Å². The summed E-state index contributed by atoms with van der Waals surface area (Å²) in [5.74, 6) is -7.05. The average Bonchev–Trinajstić information content (AvgIpc) is 3.79. The van der Waals surface area contributed by atoms with Gasteiger partial charge in [-0.15, -0.1) is 0 Å². The molecule has 71 heavy (non-hydrogen) atoms. The number of anilines is 1. The van der Waals surface area contributed by atoms with Crippen molar-refractivity contribution in [3.63, 3.8) is 0 Å². The summed E-state index contributed by atoms with van der Waals surface area (Å²) in [4.78, 5) is 135. The van der Waals surface area contributed by atoms with E-state index in [1.165, 1.54) is 35.5 Å². The molecule has 3 aromatic rings. The van der Waals surface area contributed by atoms with E-state index in [1.54, 1.807) is 68.7 Å². The Morgan fingerprint density at radius 3 is 2.14 bits per heavy atom. The predicted octanol–water partition coefficient (Wildman–Crippen LogP) is 5.67. The SMILES string of the molecule is CCC[C@H](CC(=O)[C@@H]1CN(C(=O)Nc2ccccc2)C[C@@H]1NC(=O)[C@@H](CC(=O)[C@@H](NC(=O)c1cnccn1)C1CCCCC1)C(C)(C)C)C(=O)C(=O)CCC(=O)N[C@H](C(=O)N(C)C)c1ccc(OC)cc1. The Kier molecular flexibility index (Phi) is 20.1. The summed E-state index contributed by atoms with van der Waals surface area (Å²) >= 11 is 0. The summed E-state index contributed by atoms with van der Waals surface area (Å²) < 4.78 is 5.21. The number of ketones is 4. The van der Waals surface area contributed by atoms with Gasteiger partial charge in [-0.05, 0) is 60.4 Å². The van der Waals surface area contributed by atoms with E-state index in [0.29, 0.717) is 23.4 Å². The molecule has 1 aromatic heterocycles. The summed E-state index contributed by atoms with van der Waals surface area (Å²) in [6, 6.07) is 11.9. The van der Waals surface area contributed by atoms with Crippen LogP contribution in [-0.4, -0.2) is 119 Å². The second-order valence-electron chi connectivity index (χ2n) is 19.9. The number of amides is 6. The van der Waals surface area contributed by atoms with Crippen LogP contribution < -0.4 is 26.0 Å². The molecule has 18 heteroatoms. The van der Waals surface area contributed by atoms with Crippen LogP contribution in [0.4, 0.5) is 10.5 Å². The van der Waals surface area contributed by atoms with E-state index in [-0.39, 0.29) is 56.2 Å². The van der Waals surface area contributed by atoms with Crippen molar-refractivity contribution in [2.45, 2.75) is 116 Å². The largest absolute Gasteiger partial charge is 0.497 e. The maximum absolute atomic E-state index is 14.6. The average molecular weight is 979 g/mol. The minimum absolute atomic E-state index is 0.0629. The van der Waals surface area contributed by atoms with Crippen LogP contribution in [0, 0.1) is 29.1 Å². The first-order valence-corrected chi connectivity index (χ1v) is 24.6. The van der Waals surface area contributed by atoms with Gasteiger partial charge in [0.15, 0.2) is 11.6 Å². The summed E-state index contributed by atoms with van der Waals surface area (Å²) in [5, 5.41) is 11.4. The molecule has 0 bridgehead atoms. The number of benzene rings is 2. The highest BCUT2D eigenvalue weighted by molar-refractivity contribution is 6.38. The van der Waals surface area contributed by atoms with E-state index < -0.39 is 94.7 Å². The van der Waals surface area contributed by atoms with Crippen molar-refractivity contribution in [2.24, 2.45) is 29.1 Å². The molecule has 1 aliphatic carbocycles. The third-order valence-corrected chi connectivity index (χ3v) is 13.4. The fourth-order valence-electron chi connectivity index (χ4n) is 9.35. The number of carbonyl (C=O) groups excluding carboxylic acids is 9. The van der Waals surface area contributed by atoms with Gasteiger partial charge in [0, 0.05) is 82.8 Å². The third kappa shape index (κ3) is 15.6. The van der Waals surface area contributed by atoms with Crippen LogP contribution in [0.3, 0.4) is 0 Å². The molecule has 2 fully saturated rings. The smallest absolute Gasteiger partial charge is 0.321 e. The number of urea groups is 1. The number of methoxy groups -OCH3 is 1. The highest BCUT2D eigenvalue weighted by atomic mass is 16.5. The molecular formula is C53H70N8O10. The van der Waals surface area contributed by atoms with Gasteiger partial charge < -0.3 is 35.8 Å². The molecular weight excluding hydrogens is 909 g/mol. The van der Waals surface area contributed by atoms with Crippen molar-refractivity contribution in [3.05, 3.63) is 84.4 Å². The lowest BCUT2D eigenvalue weighted by Crippen LogP contribution is -2.51. The zero-order valence-electron chi connectivity index (χ0n) is 42.0. The molecule has 6 atom stereocenters. The fraction of sp³-hybridized carbons (Fsp3) is 0.528. The van der Waals surface area contributed by atoms with Gasteiger partial charge in [0.1, 0.15) is 23.3 Å². The maximum atomic E-state index is 14.6. The van der Waals surface area contributed by atoms with Crippen molar-refractivity contribution in [3.8, 4) is 5.75 Å². The summed E-state index contributed by atoms with van der Waals surface area (Å²) in [5.41, 5.74) is 0.292. The Balaban J connectivity index is 1.32. The lowest BCUT2D eigenvalue weighted by molar-refractivity contribution is -0.141. The van der Waals surface area contributed by atoms with E-state index in [4.69, 9.17) is 4.74 Å². The maximum Gasteiger partial charge on any atom is 0.321 e. The van der Waals surface area contributed by atoms with Gasteiger partial charge in [0.2, 0.25) is 23.5 Å². The topological polar surface area (TPSA) is 243 Å². The number of nitrogens with zero attached hydrogens (tertiary/aromatic N) is 4.